The van der Waals surface area contributed by atoms with Crippen LogP contribution in [-0.4, -0.2) is 24.6 Å². The van der Waals surface area contributed by atoms with Gasteiger partial charge in [0.15, 0.2) is 0 Å². The summed E-state index contributed by atoms with van der Waals surface area (Å²) in [6.45, 7) is 1.85. The van der Waals surface area contributed by atoms with E-state index in [2.05, 4.69) is 15.4 Å². The Labute approximate surface area is 198 Å². The van der Waals surface area contributed by atoms with Gasteiger partial charge in [-0.2, -0.15) is 13.2 Å². The summed E-state index contributed by atoms with van der Waals surface area (Å²) < 4.78 is 47.7. The zero-order chi connectivity index (χ0) is 25.4. The fourth-order valence-electron chi connectivity index (χ4n) is 3.00. The van der Waals surface area contributed by atoms with Crippen molar-refractivity contribution in [3.63, 3.8) is 0 Å². The van der Waals surface area contributed by atoms with Crippen molar-refractivity contribution in [1.29, 1.82) is 0 Å². The summed E-state index contributed by atoms with van der Waals surface area (Å²) in [5, 5.41) is 5.38. The number of hydrogen-bond acceptors (Lipinski definition) is 5. The number of ether oxygens (including phenoxy) is 2. The molecular weight excluding hydrogens is 465 g/mol. The number of nitrogens with one attached hydrogen (secondary N) is 2. The Morgan fingerprint density at radius 2 is 1.43 bits per heavy atom. The van der Waals surface area contributed by atoms with Gasteiger partial charge in [-0.05, 0) is 67.1 Å². The summed E-state index contributed by atoms with van der Waals surface area (Å²) in [7, 11) is 0. The van der Waals surface area contributed by atoms with Crippen LogP contribution in [0.3, 0.4) is 0 Å². The Morgan fingerprint density at radius 1 is 0.829 bits per heavy atom. The van der Waals surface area contributed by atoms with Crippen LogP contribution in [0.1, 0.15) is 38.8 Å². The number of halogens is 3. The van der Waals surface area contributed by atoms with Gasteiger partial charge in [0.25, 0.3) is 11.8 Å². The third kappa shape index (κ3) is 7.07. The van der Waals surface area contributed by atoms with Crippen LogP contribution in [0.4, 0.5) is 23.7 Å². The molecule has 0 radical (unpaired) electrons. The van der Waals surface area contributed by atoms with Crippen LogP contribution in [0.2, 0.25) is 0 Å². The van der Waals surface area contributed by atoms with Gasteiger partial charge in [-0.25, -0.2) is 4.79 Å². The molecule has 3 rings (SSSR count). The number of rotatable bonds is 7. The summed E-state index contributed by atoms with van der Waals surface area (Å²) in [6, 6.07) is 16.5. The summed E-state index contributed by atoms with van der Waals surface area (Å²) in [5.74, 6) is -0.780. The Bertz CT molecular complexity index is 1190. The molecule has 35 heavy (non-hydrogen) atoms. The summed E-state index contributed by atoms with van der Waals surface area (Å²) in [5.41, 5.74) is 0.553. The van der Waals surface area contributed by atoms with Gasteiger partial charge in [-0.15, -0.1) is 0 Å². The molecule has 0 unspecified atom stereocenters. The van der Waals surface area contributed by atoms with E-state index in [1.807, 2.05) is 0 Å². The molecule has 0 atom stereocenters. The van der Waals surface area contributed by atoms with Gasteiger partial charge in [0, 0.05) is 23.4 Å². The van der Waals surface area contributed by atoms with Crippen molar-refractivity contribution in [2.24, 2.45) is 0 Å². The lowest BCUT2D eigenvalue weighted by molar-refractivity contribution is -0.137. The van der Waals surface area contributed by atoms with Crippen LogP contribution in [0.5, 0.6) is 5.75 Å². The molecule has 2 amide bonds. The van der Waals surface area contributed by atoms with E-state index in [0.717, 1.165) is 24.3 Å². The monoisotopic (exact) mass is 486 g/mol. The average molecular weight is 486 g/mol. The number of hydrogen-bond donors (Lipinski definition) is 2. The SMILES string of the molecule is CCOC(=O)Oc1ccc(C(=O)Nc2ccccc2CNC(=O)c2ccc(C(F)(F)F)cc2)cc1. The van der Waals surface area contributed by atoms with E-state index in [1.165, 1.54) is 24.3 Å². The molecule has 182 valence electrons. The molecule has 7 nitrogen and oxygen atoms in total. The molecule has 0 saturated heterocycles. The maximum Gasteiger partial charge on any atom is 0.513 e. The molecule has 0 heterocycles. The maximum absolute atomic E-state index is 12.7. The molecule has 0 saturated carbocycles. The molecule has 10 heteroatoms. The van der Waals surface area contributed by atoms with Crippen molar-refractivity contribution in [3.8, 4) is 5.75 Å². The van der Waals surface area contributed by atoms with Gasteiger partial charge in [-0.3, -0.25) is 9.59 Å². The van der Waals surface area contributed by atoms with Gasteiger partial charge in [0.2, 0.25) is 0 Å². The minimum absolute atomic E-state index is 0.0304. The first-order chi connectivity index (χ1) is 16.7. The van der Waals surface area contributed by atoms with Crippen molar-refractivity contribution in [1.82, 2.24) is 5.32 Å². The number of anilines is 1. The average Bonchev–Trinajstić information content (AvgIpc) is 2.83. The third-order valence-electron chi connectivity index (χ3n) is 4.76. The van der Waals surface area contributed by atoms with E-state index in [0.29, 0.717) is 16.8 Å². The van der Waals surface area contributed by atoms with Gasteiger partial charge in [-0.1, -0.05) is 18.2 Å². The van der Waals surface area contributed by atoms with E-state index in [4.69, 9.17) is 4.74 Å². The molecule has 0 aliphatic carbocycles. The lowest BCUT2D eigenvalue weighted by Gasteiger charge is -2.13. The zero-order valence-electron chi connectivity index (χ0n) is 18.5. The molecule has 0 aliphatic heterocycles. The second-order valence-corrected chi connectivity index (χ2v) is 7.18. The standard InChI is InChI=1S/C25H21F3N2O5/c1-2-34-24(33)35-20-13-9-17(10-14-20)23(32)30-21-6-4-3-5-18(21)15-29-22(31)16-7-11-19(12-8-16)25(26,27)28/h3-14H,2,15H2,1H3,(H,29,31)(H,30,32). The number of carbonyl (C=O) groups excluding carboxylic acids is 3. The summed E-state index contributed by atoms with van der Waals surface area (Å²) in [6.07, 6.45) is -5.34. The normalized spacial score (nSPS) is 10.9. The molecule has 2 N–H and O–H groups in total. The fourth-order valence-corrected chi connectivity index (χ4v) is 3.00. The van der Waals surface area contributed by atoms with Crippen LogP contribution in [0.25, 0.3) is 0 Å². The second-order valence-electron chi connectivity index (χ2n) is 7.18. The lowest BCUT2D eigenvalue weighted by Crippen LogP contribution is -2.24. The minimum atomic E-state index is -4.49. The number of alkyl halides is 3. The van der Waals surface area contributed by atoms with Crippen LogP contribution < -0.4 is 15.4 Å². The minimum Gasteiger partial charge on any atom is -0.434 e. The fraction of sp³-hybridized carbons (Fsp3) is 0.160. The molecule has 0 aromatic heterocycles. The highest BCUT2D eigenvalue weighted by atomic mass is 19.4. The quantitative estimate of drug-likeness (QED) is 0.344. The number of carbonyl (C=O) groups is 3. The molecule has 0 aliphatic rings. The van der Waals surface area contributed by atoms with Gasteiger partial charge in [0.1, 0.15) is 5.75 Å². The first-order valence-corrected chi connectivity index (χ1v) is 10.5. The van der Waals surface area contributed by atoms with E-state index in [-0.39, 0.29) is 24.5 Å². The predicted octanol–water partition coefficient (Wildman–Crippen LogP) is 5.42. The highest BCUT2D eigenvalue weighted by Gasteiger charge is 2.30. The molecule has 3 aromatic rings. The van der Waals surface area contributed by atoms with Crippen molar-refractivity contribution < 1.29 is 37.0 Å². The predicted molar refractivity (Wildman–Crippen MR) is 121 cm³/mol. The molecule has 0 spiro atoms. The van der Waals surface area contributed by atoms with Gasteiger partial charge >= 0.3 is 12.3 Å². The maximum atomic E-state index is 12.7. The Balaban J connectivity index is 1.62. The lowest BCUT2D eigenvalue weighted by atomic mass is 10.1. The summed E-state index contributed by atoms with van der Waals surface area (Å²) >= 11 is 0. The highest BCUT2D eigenvalue weighted by molar-refractivity contribution is 6.04. The molecule has 0 bridgehead atoms. The summed E-state index contributed by atoms with van der Waals surface area (Å²) in [4.78, 5) is 36.4. The molecule has 3 aromatic carbocycles. The van der Waals surface area contributed by atoms with E-state index in [1.54, 1.807) is 31.2 Å². The Kier molecular flexibility index (Phi) is 8.08. The first-order valence-electron chi connectivity index (χ1n) is 10.5. The van der Waals surface area contributed by atoms with Crippen LogP contribution in [0.15, 0.2) is 72.8 Å². The first kappa shape index (κ1) is 25.3. The largest absolute Gasteiger partial charge is 0.513 e. The smallest absolute Gasteiger partial charge is 0.434 e. The second kappa shape index (κ2) is 11.2. The van der Waals surface area contributed by atoms with Crippen LogP contribution in [-0.2, 0) is 17.5 Å². The number of benzene rings is 3. The van der Waals surface area contributed by atoms with E-state index >= 15 is 0 Å². The van der Waals surface area contributed by atoms with Crippen molar-refractivity contribution in [2.45, 2.75) is 19.6 Å². The number of para-hydroxylation sites is 1. The van der Waals surface area contributed by atoms with Gasteiger partial charge in [0.05, 0.1) is 12.2 Å². The van der Waals surface area contributed by atoms with Crippen molar-refractivity contribution in [2.75, 3.05) is 11.9 Å². The van der Waals surface area contributed by atoms with E-state index < -0.39 is 29.7 Å². The topological polar surface area (TPSA) is 93.7 Å². The molecule has 0 fully saturated rings. The highest BCUT2D eigenvalue weighted by Crippen LogP contribution is 2.29. The van der Waals surface area contributed by atoms with Crippen molar-refractivity contribution in [3.05, 3.63) is 95.1 Å². The van der Waals surface area contributed by atoms with E-state index in [9.17, 15) is 27.6 Å². The Morgan fingerprint density at radius 3 is 2.06 bits per heavy atom. The van der Waals surface area contributed by atoms with Crippen molar-refractivity contribution >= 4 is 23.7 Å². The zero-order valence-corrected chi connectivity index (χ0v) is 18.5. The Hall–Kier alpha value is -4.34. The molecular formula is C25H21F3N2O5. The number of amides is 2. The van der Waals surface area contributed by atoms with Crippen LogP contribution >= 0.6 is 0 Å². The third-order valence-corrected chi connectivity index (χ3v) is 4.76. The van der Waals surface area contributed by atoms with Crippen LogP contribution in [0, 0.1) is 0 Å². The van der Waals surface area contributed by atoms with Gasteiger partial charge < -0.3 is 20.1 Å².